The molecule has 0 aliphatic rings. The summed E-state index contributed by atoms with van der Waals surface area (Å²) in [6, 6.07) is 15.3. The van der Waals surface area contributed by atoms with Crippen LogP contribution in [0.5, 0.6) is 5.75 Å². The lowest BCUT2D eigenvalue weighted by molar-refractivity contribution is -0.115. The molecule has 1 heterocycles. The number of aromatic nitrogens is 3. The zero-order chi connectivity index (χ0) is 21.5. The highest BCUT2D eigenvalue weighted by atomic mass is 79.9. The lowest BCUT2D eigenvalue weighted by Crippen LogP contribution is -2.23. The standard InChI is InChI=1S/C22H23BrN4O2S/c1-4-11-27-20(14-29-19-10-5-7-15(2)12-19)25-26-22(27)30-16(3)21(28)24-18-9-6-8-17(23)13-18/h4-10,12-13,16H,1,11,14H2,2-3H3,(H,24,28). The molecule has 1 aromatic heterocycles. The van der Waals surface area contributed by atoms with Crippen LogP contribution in [0.3, 0.4) is 0 Å². The summed E-state index contributed by atoms with van der Waals surface area (Å²) in [5.74, 6) is 1.35. The molecule has 3 aromatic rings. The summed E-state index contributed by atoms with van der Waals surface area (Å²) in [5.41, 5.74) is 1.86. The highest BCUT2D eigenvalue weighted by Gasteiger charge is 2.20. The van der Waals surface area contributed by atoms with Crippen LogP contribution in [-0.2, 0) is 17.9 Å². The van der Waals surface area contributed by atoms with Crippen LogP contribution in [0.4, 0.5) is 5.69 Å². The Morgan fingerprint density at radius 2 is 2.10 bits per heavy atom. The van der Waals surface area contributed by atoms with Gasteiger partial charge in [-0.05, 0) is 49.7 Å². The molecule has 8 heteroatoms. The second kappa shape index (κ2) is 10.4. The minimum Gasteiger partial charge on any atom is -0.486 e. The maximum atomic E-state index is 12.6. The monoisotopic (exact) mass is 486 g/mol. The fourth-order valence-corrected chi connectivity index (χ4v) is 3.98. The Kier molecular flexibility index (Phi) is 7.70. The summed E-state index contributed by atoms with van der Waals surface area (Å²) in [4.78, 5) is 12.6. The Morgan fingerprint density at radius 1 is 1.30 bits per heavy atom. The van der Waals surface area contributed by atoms with Gasteiger partial charge in [0.1, 0.15) is 12.4 Å². The van der Waals surface area contributed by atoms with Crippen LogP contribution in [0.25, 0.3) is 0 Å². The Bertz CT molecular complexity index is 1040. The van der Waals surface area contributed by atoms with Crippen LogP contribution in [0.2, 0.25) is 0 Å². The zero-order valence-corrected chi connectivity index (χ0v) is 19.2. The van der Waals surface area contributed by atoms with E-state index in [0.717, 1.165) is 21.5 Å². The van der Waals surface area contributed by atoms with Crippen LogP contribution >= 0.6 is 27.7 Å². The molecule has 0 spiro atoms. The molecule has 1 unspecified atom stereocenters. The molecule has 3 rings (SSSR count). The molecule has 1 amide bonds. The molecule has 0 saturated carbocycles. The lowest BCUT2D eigenvalue weighted by atomic mass is 10.2. The van der Waals surface area contributed by atoms with Gasteiger partial charge < -0.3 is 10.1 Å². The van der Waals surface area contributed by atoms with Crippen LogP contribution in [0.1, 0.15) is 18.3 Å². The lowest BCUT2D eigenvalue weighted by Gasteiger charge is -2.13. The van der Waals surface area contributed by atoms with E-state index in [4.69, 9.17) is 4.74 Å². The highest BCUT2D eigenvalue weighted by Crippen LogP contribution is 2.25. The van der Waals surface area contributed by atoms with Crippen molar-refractivity contribution in [1.29, 1.82) is 0 Å². The number of carbonyl (C=O) groups excluding carboxylic acids is 1. The predicted molar refractivity (Wildman–Crippen MR) is 124 cm³/mol. The van der Waals surface area contributed by atoms with E-state index in [1.807, 2.05) is 66.9 Å². The molecule has 156 valence electrons. The number of amides is 1. The Balaban J connectivity index is 1.67. The number of nitrogens with zero attached hydrogens (tertiary/aromatic N) is 3. The van der Waals surface area contributed by atoms with Gasteiger partial charge in [-0.15, -0.1) is 16.8 Å². The van der Waals surface area contributed by atoms with Crippen molar-refractivity contribution in [3.63, 3.8) is 0 Å². The van der Waals surface area contributed by atoms with Gasteiger partial charge in [0.05, 0.1) is 5.25 Å². The van der Waals surface area contributed by atoms with E-state index in [-0.39, 0.29) is 17.8 Å². The smallest absolute Gasteiger partial charge is 0.237 e. The van der Waals surface area contributed by atoms with Crippen molar-refractivity contribution in [3.8, 4) is 5.75 Å². The van der Waals surface area contributed by atoms with Crippen molar-refractivity contribution in [2.75, 3.05) is 5.32 Å². The third-order valence-electron chi connectivity index (χ3n) is 4.21. The van der Waals surface area contributed by atoms with E-state index in [0.29, 0.717) is 17.5 Å². The number of thioether (sulfide) groups is 1. The average molecular weight is 487 g/mol. The summed E-state index contributed by atoms with van der Waals surface area (Å²) in [6.45, 7) is 8.48. The number of hydrogen-bond donors (Lipinski definition) is 1. The Labute approximate surface area is 188 Å². The van der Waals surface area contributed by atoms with Gasteiger partial charge >= 0.3 is 0 Å². The van der Waals surface area contributed by atoms with E-state index in [1.54, 1.807) is 6.08 Å². The minimum atomic E-state index is -0.359. The largest absolute Gasteiger partial charge is 0.486 e. The summed E-state index contributed by atoms with van der Waals surface area (Å²) in [6.07, 6.45) is 1.77. The summed E-state index contributed by atoms with van der Waals surface area (Å²) >= 11 is 4.76. The molecular weight excluding hydrogens is 464 g/mol. The molecule has 0 fully saturated rings. The van der Waals surface area contributed by atoms with Crippen LogP contribution < -0.4 is 10.1 Å². The number of aryl methyl sites for hydroxylation is 1. The molecule has 1 N–H and O–H groups in total. The average Bonchev–Trinajstić information content (AvgIpc) is 3.08. The molecule has 6 nitrogen and oxygen atoms in total. The van der Waals surface area contributed by atoms with Crippen LogP contribution in [0.15, 0.2) is 70.8 Å². The first-order chi connectivity index (χ1) is 14.5. The van der Waals surface area contributed by atoms with Crippen molar-refractivity contribution in [3.05, 3.63) is 77.0 Å². The number of hydrogen-bond acceptors (Lipinski definition) is 5. The maximum Gasteiger partial charge on any atom is 0.237 e. The third-order valence-corrected chi connectivity index (χ3v) is 5.78. The van der Waals surface area contributed by atoms with Crippen molar-refractivity contribution in [2.24, 2.45) is 0 Å². The zero-order valence-electron chi connectivity index (χ0n) is 16.8. The Morgan fingerprint density at radius 3 is 2.83 bits per heavy atom. The second-order valence-electron chi connectivity index (χ2n) is 6.66. The number of halogens is 1. The first-order valence-electron chi connectivity index (χ1n) is 9.42. The van der Waals surface area contributed by atoms with E-state index < -0.39 is 0 Å². The number of nitrogens with one attached hydrogen (secondary N) is 1. The van der Waals surface area contributed by atoms with E-state index in [2.05, 4.69) is 38.0 Å². The molecule has 0 saturated heterocycles. The fraction of sp³-hybridized carbons (Fsp3) is 0.227. The van der Waals surface area contributed by atoms with Gasteiger partial charge in [-0.1, -0.05) is 52.0 Å². The quantitative estimate of drug-likeness (QED) is 0.331. The molecule has 0 aliphatic carbocycles. The number of ether oxygens (including phenoxy) is 1. The summed E-state index contributed by atoms with van der Waals surface area (Å²) < 4.78 is 8.69. The van der Waals surface area contributed by atoms with Gasteiger partial charge in [-0.3, -0.25) is 9.36 Å². The molecule has 2 aromatic carbocycles. The highest BCUT2D eigenvalue weighted by molar-refractivity contribution is 9.10. The molecule has 30 heavy (non-hydrogen) atoms. The fourth-order valence-electron chi connectivity index (χ4n) is 2.70. The number of anilines is 1. The van der Waals surface area contributed by atoms with E-state index >= 15 is 0 Å². The van der Waals surface area contributed by atoms with Crippen LogP contribution in [-0.4, -0.2) is 25.9 Å². The van der Waals surface area contributed by atoms with Gasteiger partial charge in [0, 0.05) is 16.7 Å². The number of benzene rings is 2. The SMILES string of the molecule is C=CCn1c(COc2cccc(C)c2)nnc1SC(C)C(=O)Nc1cccc(Br)c1. The van der Waals surface area contributed by atoms with Crippen molar-refractivity contribution < 1.29 is 9.53 Å². The van der Waals surface area contributed by atoms with Gasteiger partial charge in [-0.25, -0.2) is 0 Å². The molecule has 0 bridgehead atoms. The van der Waals surface area contributed by atoms with Gasteiger partial charge in [0.2, 0.25) is 5.91 Å². The second-order valence-corrected chi connectivity index (χ2v) is 8.89. The normalized spacial score (nSPS) is 11.7. The first kappa shape index (κ1) is 22.1. The first-order valence-corrected chi connectivity index (χ1v) is 11.1. The topological polar surface area (TPSA) is 69.0 Å². The Hall–Kier alpha value is -2.58. The minimum absolute atomic E-state index is 0.108. The van der Waals surface area contributed by atoms with Crippen molar-refractivity contribution >= 4 is 39.3 Å². The summed E-state index contributed by atoms with van der Waals surface area (Å²) in [5, 5.41) is 11.7. The van der Waals surface area contributed by atoms with Gasteiger partial charge in [-0.2, -0.15) is 0 Å². The van der Waals surface area contributed by atoms with Crippen LogP contribution in [0, 0.1) is 6.92 Å². The van der Waals surface area contributed by atoms with Gasteiger partial charge in [0.25, 0.3) is 0 Å². The maximum absolute atomic E-state index is 12.6. The van der Waals surface area contributed by atoms with E-state index in [9.17, 15) is 4.79 Å². The van der Waals surface area contributed by atoms with Gasteiger partial charge in [0.15, 0.2) is 11.0 Å². The van der Waals surface area contributed by atoms with Crippen molar-refractivity contribution in [1.82, 2.24) is 14.8 Å². The van der Waals surface area contributed by atoms with E-state index in [1.165, 1.54) is 11.8 Å². The predicted octanol–water partition coefficient (Wildman–Crippen LogP) is 5.23. The number of allylic oxidation sites excluding steroid dienone is 1. The third kappa shape index (κ3) is 5.96. The van der Waals surface area contributed by atoms with Crippen molar-refractivity contribution in [2.45, 2.75) is 37.4 Å². The molecule has 0 radical (unpaired) electrons. The number of rotatable bonds is 9. The summed E-state index contributed by atoms with van der Waals surface area (Å²) in [7, 11) is 0. The molecule has 1 atom stereocenters. The number of carbonyl (C=O) groups is 1. The molecule has 0 aliphatic heterocycles. The molecular formula is C22H23BrN4O2S.